The van der Waals surface area contributed by atoms with Gasteiger partial charge in [-0.05, 0) is 72.1 Å². The van der Waals surface area contributed by atoms with Gasteiger partial charge >= 0.3 is 6.09 Å². The van der Waals surface area contributed by atoms with Gasteiger partial charge in [-0.1, -0.05) is 0 Å². The lowest BCUT2D eigenvalue weighted by molar-refractivity contribution is -0.0814. The fourth-order valence-electron chi connectivity index (χ4n) is 5.06. The summed E-state index contributed by atoms with van der Waals surface area (Å²) >= 11 is 0. The van der Waals surface area contributed by atoms with E-state index >= 15 is 0 Å². The highest BCUT2D eigenvalue weighted by Crippen LogP contribution is 2.39. The highest BCUT2D eigenvalue weighted by Gasteiger charge is 2.45. The monoisotopic (exact) mass is 428 g/mol. The van der Waals surface area contributed by atoms with Gasteiger partial charge in [0, 0.05) is 12.1 Å². The molecule has 3 atom stereocenters. The normalized spacial score (nSPS) is 30.5. The van der Waals surface area contributed by atoms with Gasteiger partial charge in [0.2, 0.25) is 5.88 Å². The Morgan fingerprint density at radius 1 is 1.06 bits per heavy atom. The van der Waals surface area contributed by atoms with Crippen LogP contribution in [0.15, 0.2) is 12.5 Å². The molecule has 2 saturated heterocycles. The third-order valence-corrected chi connectivity index (χ3v) is 6.37. The van der Waals surface area contributed by atoms with Crippen molar-refractivity contribution < 1.29 is 19.0 Å². The Kier molecular flexibility index (Phi) is 6.33. The van der Waals surface area contributed by atoms with Gasteiger partial charge in [-0.15, -0.1) is 0 Å². The van der Waals surface area contributed by atoms with Crippen LogP contribution in [0, 0.1) is 11.3 Å². The van der Waals surface area contributed by atoms with E-state index in [0.717, 1.165) is 51.4 Å². The SMILES string of the molecule is CC(C)(C)OC(=O)N1[C@@H]2CC[C@H]1C[C@H](O[C@H]1CC[C@H](Oc3ncncc3C#N)CC1)C2. The van der Waals surface area contributed by atoms with Crippen molar-refractivity contribution >= 4 is 6.09 Å². The van der Waals surface area contributed by atoms with Gasteiger partial charge < -0.3 is 19.1 Å². The predicted molar refractivity (Wildman–Crippen MR) is 112 cm³/mol. The average Bonchev–Trinajstić information content (AvgIpc) is 3.00. The maximum atomic E-state index is 12.6. The molecule has 4 rings (SSSR count). The molecule has 1 amide bonds. The van der Waals surface area contributed by atoms with E-state index in [0.29, 0.717) is 11.4 Å². The summed E-state index contributed by atoms with van der Waals surface area (Å²) in [6.45, 7) is 5.73. The number of amides is 1. The fraction of sp³-hybridized carbons (Fsp3) is 0.739. The molecule has 3 heterocycles. The summed E-state index contributed by atoms with van der Waals surface area (Å²) < 4.78 is 18.0. The molecule has 2 aliphatic heterocycles. The van der Waals surface area contributed by atoms with E-state index in [1.165, 1.54) is 12.5 Å². The largest absolute Gasteiger partial charge is 0.473 e. The fourth-order valence-corrected chi connectivity index (χ4v) is 5.06. The molecule has 0 unspecified atom stereocenters. The molecule has 0 N–H and O–H groups in total. The number of rotatable bonds is 4. The Balaban J connectivity index is 1.25. The summed E-state index contributed by atoms with van der Waals surface area (Å²) in [5.74, 6) is 0.368. The van der Waals surface area contributed by atoms with Crippen LogP contribution >= 0.6 is 0 Å². The Hall–Kier alpha value is -2.40. The molecule has 2 bridgehead atoms. The molecule has 8 heteroatoms. The van der Waals surface area contributed by atoms with Crippen molar-refractivity contribution in [1.29, 1.82) is 5.26 Å². The number of hydrogen-bond acceptors (Lipinski definition) is 7. The molecule has 1 aromatic rings. The minimum Gasteiger partial charge on any atom is -0.473 e. The minimum absolute atomic E-state index is 0.0482. The molecule has 168 valence electrons. The summed E-state index contributed by atoms with van der Waals surface area (Å²) in [7, 11) is 0. The smallest absolute Gasteiger partial charge is 0.410 e. The van der Waals surface area contributed by atoms with Crippen LogP contribution in [0.5, 0.6) is 5.88 Å². The van der Waals surface area contributed by atoms with E-state index in [-0.39, 0.29) is 36.5 Å². The van der Waals surface area contributed by atoms with E-state index in [1.807, 2.05) is 25.7 Å². The summed E-state index contributed by atoms with van der Waals surface area (Å²) in [4.78, 5) is 22.6. The molecular weight excluding hydrogens is 396 g/mol. The molecule has 0 aromatic carbocycles. The number of ether oxygens (including phenoxy) is 3. The molecule has 1 saturated carbocycles. The zero-order chi connectivity index (χ0) is 22.0. The lowest BCUT2D eigenvalue weighted by Gasteiger charge is -2.41. The van der Waals surface area contributed by atoms with Crippen LogP contribution in [0.2, 0.25) is 0 Å². The lowest BCUT2D eigenvalue weighted by atomic mass is 9.93. The summed E-state index contributed by atoms with van der Waals surface area (Å²) in [5, 5.41) is 9.17. The quantitative estimate of drug-likeness (QED) is 0.715. The molecule has 3 aliphatic rings. The Morgan fingerprint density at radius 3 is 2.32 bits per heavy atom. The summed E-state index contributed by atoms with van der Waals surface area (Å²) in [6.07, 6.45) is 10.6. The third kappa shape index (κ3) is 5.27. The van der Waals surface area contributed by atoms with E-state index in [4.69, 9.17) is 19.5 Å². The van der Waals surface area contributed by atoms with E-state index in [9.17, 15) is 4.79 Å². The first-order valence-corrected chi connectivity index (χ1v) is 11.4. The van der Waals surface area contributed by atoms with Crippen molar-refractivity contribution in [2.24, 2.45) is 0 Å². The van der Waals surface area contributed by atoms with Crippen molar-refractivity contribution in [3.05, 3.63) is 18.1 Å². The van der Waals surface area contributed by atoms with E-state index < -0.39 is 5.60 Å². The second-order valence-electron chi connectivity index (χ2n) is 9.87. The molecule has 3 fully saturated rings. The van der Waals surface area contributed by atoms with Gasteiger partial charge in [0.25, 0.3) is 0 Å². The van der Waals surface area contributed by atoms with Crippen molar-refractivity contribution in [2.45, 2.75) is 108 Å². The second-order valence-corrected chi connectivity index (χ2v) is 9.87. The first-order chi connectivity index (χ1) is 14.8. The first kappa shape index (κ1) is 21.8. The predicted octanol–water partition coefficient (Wildman–Crippen LogP) is 3.99. The van der Waals surface area contributed by atoms with Crippen LogP contribution in [0.1, 0.15) is 77.7 Å². The van der Waals surface area contributed by atoms with E-state index in [2.05, 4.69) is 16.0 Å². The maximum Gasteiger partial charge on any atom is 0.410 e. The summed E-state index contributed by atoms with van der Waals surface area (Å²) in [5.41, 5.74) is -0.0993. The Labute approximate surface area is 183 Å². The van der Waals surface area contributed by atoms with Crippen LogP contribution in [-0.2, 0) is 9.47 Å². The van der Waals surface area contributed by atoms with Crippen LogP contribution in [0.4, 0.5) is 4.79 Å². The highest BCUT2D eigenvalue weighted by atomic mass is 16.6. The molecule has 1 aromatic heterocycles. The zero-order valence-corrected chi connectivity index (χ0v) is 18.6. The molecule has 0 radical (unpaired) electrons. The van der Waals surface area contributed by atoms with Crippen molar-refractivity contribution in [2.75, 3.05) is 0 Å². The number of carbonyl (C=O) groups excluding carboxylic acids is 1. The van der Waals surface area contributed by atoms with Gasteiger partial charge in [0.15, 0.2) is 0 Å². The topological polar surface area (TPSA) is 97.6 Å². The Bertz CT molecular complexity index is 812. The van der Waals surface area contributed by atoms with Crippen LogP contribution in [0.25, 0.3) is 0 Å². The molecule has 8 nitrogen and oxygen atoms in total. The van der Waals surface area contributed by atoms with Gasteiger partial charge in [0.1, 0.15) is 29.7 Å². The summed E-state index contributed by atoms with van der Waals surface area (Å²) in [6, 6.07) is 2.52. The average molecular weight is 429 g/mol. The zero-order valence-electron chi connectivity index (χ0n) is 18.6. The molecule has 31 heavy (non-hydrogen) atoms. The van der Waals surface area contributed by atoms with Crippen LogP contribution in [-0.4, -0.2) is 57.0 Å². The Morgan fingerprint density at radius 2 is 1.71 bits per heavy atom. The second kappa shape index (κ2) is 8.99. The van der Waals surface area contributed by atoms with Crippen LogP contribution in [0.3, 0.4) is 0 Å². The van der Waals surface area contributed by atoms with Crippen molar-refractivity contribution in [3.8, 4) is 11.9 Å². The number of nitrogens with zero attached hydrogens (tertiary/aromatic N) is 4. The number of aromatic nitrogens is 2. The standard InChI is InChI=1S/C23H32N4O4/c1-23(2,3)31-22(28)27-16-4-5-17(27)11-20(10-16)29-18-6-8-19(9-7-18)30-21-15(12-24)13-25-14-26-21/h13-14,16-20H,4-11H2,1-3H3/t16-,17+,18-,19-,20-. The number of hydrogen-bond donors (Lipinski definition) is 0. The van der Waals surface area contributed by atoms with Gasteiger partial charge in [-0.25, -0.2) is 14.8 Å². The molecule has 0 spiro atoms. The highest BCUT2D eigenvalue weighted by molar-refractivity contribution is 5.69. The number of carbonyl (C=O) groups is 1. The third-order valence-electron chi connectivity index (χ3n) is 6.37. The lowest BCUT2D eigenvalue weighted by Crippen LogP contribution is -2.50. The van der Waals surface area contributed by atoms with Gasteiger partial charge in [-0.3, -0.25) is 0 Å². The number of fused-ring (bicyclic) bond motifs is 2. The first-order valence-electron chi connectivity index (χ1n) is 11.4. The van der Waals surface area contributed by atoms with Gasteiger partial charge in [0.05, 0.1) is 18.4 Å². The van der Waals surface area contributed by atoms with Crippen LogP contribution < -0.4 is 4.74 Å². The minimum atomic E-state index is -0.468. The van der Waals surface area contributed by atoms with Crippen molar-refractivity contribution in [1.82, 2.24) is 14.9 Å². The molecule has 1 aliphatic carbocycles. The number of piperidine rings is 1. The maximum absolute atomic E-state index is 12.6. The van der Waals surface area contributed by atoms with Crippen molar-refractivity contribution in [3.63, 3.8) is 0 Å². The van der Waals surface area contributed by atoms with Gasteiger partial charge in [-0.2, -0.15) is 5.26 Å². The number of nitriles is 1. The van der Waals surface area contributed by atoms with E-state index in [1.54, 1.807) is 0 Å². The molecular formula is C23H32N4O4.